The molecule has 0 unspecified atom stereocenters. The van der Waals surface area contributed by atoms with Crippen LogP contribution in [0.1, 0.15) is 44.1 Å². The fourth-order valence-corrected chi connectivity index (χ4v) is 5.29. The second-order valence-electron chi connectivity index (χ2n) is 9.42. The standard InChI is InChI=1S/C27H30Cl2N2O5/c28-20-11-12-23(29)22(15-20)18-9-7-17(8-10-18)14-24(26(33)34)31(25(32)19-4-3-13-30-16-19)27(35)36-21-5-1-2-6-21/h7-12,15,19,21,24,30H,1-6,13-14,16H2,(H,33,34)/t19-,24-/m0/s1. The molecule has 0 aromatic heterocycles. The maximum absolute atomic E-state index is 13.5. The van der Waals surface area contributed by atoms with Gasteiger partial charge in [-0.1, -0.05) is 47.5 Å². The van der Waals surface area contributed by atoms with Crippen LogP contribution in [0, 0.1) is 5.92 Å². The highest BCUT2D eigenvalue weighted by atomic mass is 35.5. The lowest BCUT2D eigenvalue weighted by atomic mass is 9.96. The van der Waals surface area contributed by atoms with E-state index in [0.29, 0.717) is 28.6 Å². The molecule has 1 aliphatic carbocycles. The Hall–Kier alpha value is -2.61. The lowest BCUT2D eigenvalue weighted by Gasteiger charge is -2.32. The number of carboxylic acids is 1. The van der Waals surface area contributed by atoms with Gasteiger partial charge in [-0.2, -0.15) is 0 Å². The highest BCUT2D eigenvalue weighted by Crippen LogP contribution is 2.31. The summed E-state index contributed by atoms with van der Waals surface area (Å²) in [6.07, 6.45) is 3.54. The van der Waals surface area contributed by atoms with Gasteiger partial charge in [0.25, 0.3) is 0 Å². The summed E-state index contributed by atoms with van der Waals surface area (Å²) in [6.45, 7) is 1.20. The van der Waals surface area contributed by atoms with Gasteiger partial charge in [-0.25, -0.2) is 14.5 Å². The molecule has 2 fully saturated rings. The number of halogens is 2. The third kappa shape index (κ3) is 6.38. The lowest BCUT2D eigenvalue weighted by Crippen LogP contribution is -2.54. The number of carbonyl (C=O) groups is 3. The summed E-state index contributed by atoms with van der Waals surface area (Å²) >= 11 is 12.4. The average molecular weight is 533 g/mol. The molecule has 2 aromatic rings. The van der Waals surface area contributed by atoms with E-state index in [4.69, 9.17) is 27.9 Å². The van der Waals surface area contributed by atoms with Gasteiger partial charge in [0.2, 0.25) is 5.91 Å². The van der Waals surface area contributed by atoms with Crippen molar-refractivity contribution >= 4 is 41.2 Å². The van der Waals surface area contributed by atoms with Crippen molar-refractivity contribution in [3.05, 3.63) is 58.1 Å². The highest BCUT2D eigenvalue weighted by molar-refractivity contribution is 6.35. The largest absolute Gasteiger partial charge is 0.480 e. The maximum Gasteiger partial charge on any atom is 0.417 e. The van der Waals surface area contributed by atoms with Crippen LogP contribution in [0.4, 0.5) is 4.79 Å². The first-order valence-electron chi connectivity index (χ1n) is 12.3. The molecule has 2 amide bonds. The number of hydrogen-bond acceptors (Lipinski definition) is 5. The van der Waals surface area contributed by atoms with Crippen molar-refractivity contribution in [1.29, 1.82) is 0 Å². The number of hydrogen-bond donors (Lipinski definition) is 2. The Morgan fingerprint density at radius 3 is 2.39 bits per heavy atom. The SMILES string of the molecule is O=C(O)[C@H](Cc1ccc(-c2cc(Cl)ccc2Cl)cc1)N(C(=O)OC1CCCC1)C(=O)[C@H]1CCCNC1. The summed E-state index contributed by atoms with van der Waals surface area (Å²) in [5.74, 6) is -2.22. The molecule has 1 heterocycles. The molecule has 7 nitrogen and oxygen atoms in total. The molecular formula is C27H30Cl2N2O5. The van der Waals surface area contributed by atoms with Gasteiger partial charge in [0, 0.05) is 28.6 Å². The molecule has 1 saturated heterocycles. The summed E-state index contributed by atoms with van der Waals surface area (Å²) in [7, 11) is 0. The van der Waals surface area contributed by atoms with Crippen molar-refractivity contribution < 1.29 is 24.2 Å². The molecule has 0 spiro atoms. The Morgan fingerprint density at radius 1 is 1.03 bits per heavy atom. The number of benzene rings is 2. The Morgan fingerprint density at radius 2 is 1.75 bits per heavy atom. The van der Waals surface area contributed by atoms with Crippen LogP contribution in [0.15, 0.2) is 42.5 Å². The average Bonchev–Trinajstić information content (AvgIpc) is 3.39. The summed E-state index contributed by atoms with van der Waals surface area (Å²) < 4.78 is 5.61. The number of amides is 2. The summed E-state index contributed by atoms with van der Waals surface area (Å²) in [5.41, 5.74) is 2.24. The molecule has 1 aliphatic heterocycles. The van der Waals surface area contributed by atoms with Gasteiger partial charge in [-0.15, -0.1) is 0 Å². The van der Waals surface area contributed by atoms with Crippen molar-refractivity contribution in [1.82, 2.24) is 10.2 Å². The van der Waals surface area contributed by atoms with Gasteiger partial charge >= 0.3 is 12.1 Å². The minimum atomic E-state index is -1.38. The van der Waals surface area contributed by atoms with Gasteiger partial charge in [0.05, 0.1) is 5.92 Å². The third-order valence-corrected chi connectivity index (χ3v) is 7.43. The minimum absolute atomic E-state index is 0.0372. The first-order chi connectivity index (χ1) is 17.3. The van der Waals surface area contributed by atoms with Gasteiger partial charge in [-0.05, 0) is 74.4 Å². The number of imide groups is 1. The second kappa shape index (κ2) is 12.1. The predicted octanol–water partition coefficient (Wildman–Crippen LogP) is 5.56. The minimum Gasteiger partial charge on any atom is -0.480 e. The van der Waals surface area contributed by atoms with Gasteiger partial charge < -0.3 is 15.2 Å². The highest BCUT2D eigenvalue weighted by Gasteiger charge is 2.40. The van der Waals surface area contributed by atoms with E-state index in [1.54, 1.807) is 30.3 Å². The van der Waals surface area contributed by atoms with Crippen LogP contribution < -0.4 is 5.32 Å². The van der Waals surface area contributed by atoms with E-state index in [1.807, 2.05) is 12.1 Å². The first kappa shape index (κ1) is 26.5. The van der Waals surface area contributed by atoms with E-state index in [2.05, 4.69) is 5.32 Å². The van der Waals surface area contributed by atoms with Gasteiger partial charge in [0.1, 0.15) is 12.1 Å². The normalized spacial score (nSPS) is 19.0. The molecule has 192 valence electrons. The topological polar surface area (TPSA) is 95.9 Å². The van der Waals surface area contributed by atoms with Crippen molar-refractivity contribution in [3.63, 3.8) is 0 Å². The monoisotopic (exact) mass is 532 g/mol. The van der Waals surface area contributed by atoms with Gasteiger partial charge in [0.15, 0.2) is 0 Å². The Bertz CT molecular complexity index is 1100. The molecule has 1 saturated carbocycles. The number of aliphatic carboxylic acids is 1. The fraction of sp³-hybridized carbons (Fsp3) is 0.444. The number of piperidine rings is 1. The predicted molar refractivity (Wildman–Crippen MR) is 138 cm³/mol. The van der Waals surface area contributed by atoms with Gasteiger partial charge in [-0.3, -0.25) is 4.79 Å². The Kier molecular flexibility index (Phi) is 8.88. The first-order valence-corrected chi connectivity index (χ1v) is 13.1. The molecule has 2 aliphatic rings. The summed E-state index contributed by atoms with van der Waals surface area (Å²) in [6, 6.07) is 11.0. The molecule has 0 bridgehead atoms. The smallest absolute Gasteiger partial charge is 0.417 e. The molecule has 2 N–H and O–H groups in total. The number of ether oxygens (including phenoxy) is 1. The van der Waals surface area contributed by atoms with Crippen LogP contribution in [0.5, 0.6) is 0 Å². The van der Waals surface area contributed by atoms with E-state index in [9.17, 15) is 19.5 Å². The maximum atomic E-state index is 13.5. The van der Waals surface area contributed by atoms with Crippen molar-refractivity contribution in [2.24, 2.45) is 5.92 Å². The number of nitrogens with one attached hydrogen (secondary N) is 1. The quantitative estimate of drug-likeness (QED) is 0.484. The molecule has 4 rings (SSSR count). The molecule has 9 heteroatoms. The van der Waals surface area contributed by atoms with E-state index >= 15 is 0 Å². The molecule has 0 radical (unpaired) electrons. The van der Waals surface area contributed by atoms with Crippen LogP contribution in [-0.4, -0.2) is 53.2 Å². The zero-order valence-corrected chi connectivity index (χ0v) is 21.4. The zero-order valence-electron chi connectivity index (χ0n) is 19.9. The molecule has 36 heavy (non-hydrogen) atoms. The number of nitrogens with zero attached hydrogens (tertiary/aromatic N) is 1. The lowest BCUT2D eigenvalue weighted by molar-refractivity contribution is -0.151. The molecule has 2 aromatic carbocycles. The molecular weight excluding hydrogens is 503 g/mol. The van der Waals surface area contributed by atoms with Crippen molar-refractivity contribution in [2.75, 3.05) is 13.1 Å². The van der Waals surface area contributed by atoms with Crippen LogP contribution in [0.2, 0.25) is 10.0 Å². The zero-order chi connectivity index (χ0) is 25.7. The van der Waals surface area contributed by atoms with Crippen molar-refractivity contribution in [2.45, 2.75) is 57.1 Å². The van der Waals surface area contributed by atoms with E-state index in [1.165, 1.54) is 0 Å². The van der Waals surface area contributed by atoms with E-state index < -0.39 is 29.9 Å². The van der Waals surface area contributed by atoms with Crippen LogP contribution in [0.25, 0.3) is 11.1 Å². The van der Waals surface area contributed by atoms with Crippen LogP contribution in [0.3, 0.4) is 0 Å². The molecule has 2 atom stereocenters. The summed E-state index contributed by atoms with van der Waals surface area (Å²) in [4.78, 5) is 39.9. The second-order valence-corrected chi connectivity index (χ2v) is 10.3. The Balaban J connectivity index is 1.58. The number of rotatable bonds is 7. The number of carboxylic acid groups (broad SMARTS) is 1. The third-order valence-electron chi connectivity index (χ3n) is 6.87. The number of carbonyl (C=O) groups excluding carboxylic acids is 2. The van der Waals surface area contributed by atoms with E-state index in [0.717, 1.165) is 54.7 Å². The van der Waals surface area contributed by atoms with Crippen molar-refractivity contribution in [3.8, 4) is 11.1 Å². The van der Waals surface area contributed by atoms with Crippen LogP contribution in [-0.2, 0) is 20.7 Å². The summed E-state index contributed by atoms with van der Waals surface area (Å²) in [5, 5.41) is 14.4. The Labute approximate surface area is 220 Å². The van der Waals surface area contributed by atoms with E-state index in [-0.39, 0.29) is 12.5 Å². The fourth-order valence-electron chi connectivity index (χ4n) is 4.89. The van der Waals surface area contributed by atoms with Crippen LogP contribution >= 0.6 is 23.2 Å².